The average molecular weight is 352 g/mol. The number of rotatable bonds is 7. The summed E-state index contributed by atoms with van der Waals surface area (Å²) >= 11 is 0. The summed E-state index contributed by atoms with van der Waals surface area (Å²) in [6.45, 7) is 5.45. The van der Waals surface area contributed by atoms with E-state index < -0.39 is 0 Å². The van der Waals surface area contributed by atoms with Crippen LogP contribution in [-0.2, 0) is 14.3 Å². The first kappa shape index (κ1) is 19.3. The Labute approximate surface area is 148 Å². The van der Waals surface area contributed by atoms with E-state index in [4.69, 9.17) is 25.7 Å². The van der Waals surface area contributed by atoms with Crippen molar-refractivity contribution < 1.29 is 19.0 Å². The minimum absolute atomic E-state index is 0.0392. The number of carbonyl (C=O) groups excluding carboxylic acids is 1. The number of benzene rings is 1. The zero-order valence-corrected chi connectivity index (χ0v) is 15.2. The second kappa shape index (κ2) is 8.89. The van der Waals surface area contributed by atoms with Gasteiger partial charge in [0.25, 0.3) is 0 Å². The molecule has 0 bridgehead atoms. The van der Waals surface area contributed by atoms with Crippen LogP contribution in [0.1, 0.15) is 6.92 Å². The molecule has 0 spiro atoms. The highest BCUT2D eigenvalue weighted by Crippen LogP contribution is 2.34. The number of methoxy groups -OCH3 is 1. The summed E-state index contributed by atoms with van der Waals surface area (Å²) in [6, 6.07) is 3.05. The van der Waals surface area contributed by atoms with Crippen molar-refractivity contribution in [3.8, 4) is 5.75 Å². The van der Waals surface area contributed by atoms with Gasteiger partial charge in [0.05, 0.1) is 42.9 Å². The summed E-state index contributed by atoms with van der Waals surface area (Å²) in [6.07, 6.45) is 0. The first-order valence-corrected chi connectivity index (χ1v) is 8.35. The average Bonchev–Trinajstić information content (AvgIpc) is 2.63. The first-order chi connectivity index (χ1) is 12.0. The fraction of sp³-hybridized carbons (Fsp3) is 0.588. The maximum atomic E-state index is 12.9. The second-order valence-electron chi connectivity index (χ2n) is 6.01. The van der Waals surface area contributed by atoms with Crippen molar-refractivity contribution in [2.45, 2.75) is 13.0 Å². The highest BCUT2D eigenvalue weighted by Gasteiger charge is 2.27. The third-order valence-corrected chi connectivity index (χ3v) is 4.35. The number of anilines is 3. The van der Waals surface area contributed by atoms with Gasteiger partial charge in [-0.25, -0.2) is 0 Å². The van der Waals surface area contributed by atoms with Gasteiger partial charge >= 0.3 is 0 Å². The lowest BCUT2D eigenvalue weighted by Crippen LogP contribution is -2.50. The van der Waals surface area contributed by atoms with Crippen molar-refractivity contribution in [2.75, 3.05) is 70.0 Å². The first-order valence-electron chi connectivity index (χ1n) is 8.35. The second-order valence-corrected chi connectivity index (χ2v) is 6.01. The van der Waals surface area contributed by atoms with Gasteiger partial charge in [-0.05, 0) is 13.0 Å². The molecular weight excluding hydrogens is 324 g/mol. The molecule has 0 saturated carbocycles. The topological polar surface area (TPSA) is 103 Å². The molecular formula is C17H28N4O4. The number of likely N-dealkylation sites (N-methyl/N-ethyl adjacent to an activating group) is 1. The van der Waals surface area contributed by atoms with Crippen LogP contribution in [0.4, 0.5) is 17.1 Å². The lowest BCUT2D eigenvalue weighted by molar-refractivity contribution is -0.124. The van der Waals surface area contributed by atoms with E-state index in [-0.39, 0.29) is 11.9 Å². The Kier molecular flexibility index (Phi) is 6.86. The Bertz CT molecular complexity index is 590. The molecule has 1 aliphatic heterocycles. The number of hydrogen-bond donors (Lipinski definition) is 2. The van der Waals surface area contributed by atoms with Crippen LogP contribution >= 0.6 is 0 Å². The number of amides is 1. The molecule has 1 saturated heterocycles. The van der Waals surface area contributed by atoms with Crippen LogP contribution in [0.15, 0.2) is 12.1 Å². The number of ether oxygens (including phenoxy) is 3. The molecule has 2 rings (SSSR count). The largest absolute Gasteiger partial charge is 0.489 e. The normalized spacial score (nSPS) is 16.4. The van der Waals surface area contributed by atoms with Gasteiger partial charge in [-0.2, -0.15) is 0 Å². The van der Waals surface area contributed by atoms with Gasteiger partial charge in [-0.1, -0.05) is 0 Å². The molecule has 140 valence electrons. The van der Waals surface area contributed by atoms with E-state index in [0.717, 1.165) is 13.1 Å². The quantitative estimate of drug-likeness (QED) is 0.546. The number of nitrogens with two attached hydrogens (primary N) is 2. The van der Waals surface area contributed by atoms with Crippen molar-refractivity contribution in [1.82, 2.24) is 4.90 Å². The van der Waals surface area contributed by atoms with Crippen LogP contribution in [0.25, 0.3) is 0 Å². The SMILES string of the molecule is COCCOc1cc(N)c(N)cc1N(C)C(=O)[C@H](C)N1CCOCC1. The van der Waals surface area contributed by atoms with Crippen LogP contribution in [0.3, 0.4) is 0 Å². The van der Waals surface area contributed by atoms with E-state index in [1.165, 1.54) is 0 Å². The Morgan fingerprint density at radius 3 is 2.56 bits per heavy atom. The zero-order chi connectivity index (χ0) is 18.4. The van der Waals surface area contributed by atoms with E-state index in [0.29, 0.717) is 49.2 Å². The Morgan fingerprint density at radius 2 is 1.92 bits per heavy atom. The fourth-order valence-corrected chi connectivity index (χ4v) is 2.73. The third-order valence-electron chi connectivity index (χ3n) is 4.35. The predicted octanol–water partition coefficient (Wildman–Crippen LogP) is 0.560. The molecule has 1 amide bonds. The number of nitrogens with zero attached hydrogens (tertiary/aromatic N) is 2. The number of hydrogen-bond acceptors (Lipinski definition) is 7. The zero-order valence-electron chi connectivity index (χ0n) is 15.2. The molecule has 1 aromatic rings. The predicted molar refractivity (Wildman–Crippen MR) is 97.9 cm³/mol. The van der Waals surface area contributed by atoms with Gasteiger partial charge in [0.2, 0.25) is 5.91 Å². The van der Waals surface area contributed by atoms with Crippen molar-refractivity contribution in [3.05, 3.63) is 12.1 Å². The molecule has 1 atom stereocenters. The van der Waals surface area contributed by atoms with Crippen molar-refractivity contribution >= 4 is 23.0 Å². The fourth-order valence-electron chi connectivity index (χ4n) is 2.73. The maximum Gasteiger partial charge on any atom is 0.243 e. The lowest BCUT2D eigenvalue weighted by atomic mass is 10.1. The van der Waals surface area contributed by atoms with Gasteiger partial charge in [-0.15, -0.1) is 0 Å². The summed E-state index contributed by atoms with van der Waals surface area (Å²) < 4.78 is 16.1. The molecule has 1 fully saturated rings. The highest BCUT2D eigenvalue weighted by molar-refractivity contribution is 5.98. The highest BCUT2D eigenvalue weighted by atomic mass is 16.5. The van der Waals surface area contributed by atoms with E-state index in [9.17, 15) is 4.79 Å². The summed E-state index contributed by atoms with van der Waals surface area (Å²) in [7, 11) is 3.31. The molecule has 0 unspecified atom stereocenters. The third kappa shape index (κ3) is 4.75. The molecule has 0 aliphatic carbocycles. The molecule has 1 heterocycles. The summed E-state index contributed by atoms with van der Waals surface area (Å²) in [5, 5.41) is 0. The van der Waals surface area contributed by atoms with Gasteiger partial charge in [0.1, 0.15) is 12.4 Å². The van der Waals surface area contributed by atoms with E-state index >= 15 is 0 Å². The van der Waals surface area contributed by atoms with E-state index in [2.05, 4.69) is 4.90 Å². The summed E-state index contributed by atoms with van der Waals surface area (Å²) in [5.41, 5.74) is 13.2. The van der Waals surface area contributed by atoms with Crippen LogP contribution < -0.4 is 21.1 Å². The van der Waals surface area contributed by atoms with Gasteiger partial charge in [0, 0.05) is 33.3 Å². The molecule has 1 aliphatic rings. The van der Waals surface area contributed by atoms with Crippen LogP contribution in [-0.4, -0.2) is 70.5 Å². The number of nitrogen functional groups attached to an aromatic ring is 2. The van der Waals surface area contributed by atoms with E-state index in [1.807, 2.05) is 6.92 Å². The Hall–Kier alpha value is -2.03. The minimum Gasteiger partial charge on any atom is -0.489 e. The molecule has 4 N–H and O–H groups in total. The molecule has 1 aromatic carbocycles. The maximum absolute atomic E-state index is 12.9. The molecule has 0 radical (unpaired) electrons. The molecule has 25 heavy (non-hydrogen) atoms. The monoisotopic (exact) mass is 352 g/mol. The lowest BCUT2D eigenvalue weighted by Gasteiger charge is -2.34. The molecule has 8 nitrogen and oxygen atoms in total. The minimum atomic E-state index is -0.264. The van der Waals surface area contributed by atoms with Crippen molar-refractivity contribution in [2.24, 2.45) is 0 Å². The van der Waals surface area contributed by atoms with Crippen molar-refractivity contribution in [3.63, 3.8) is 0 Å². The van der Waals surface area contributed by atoms with Crippen LogP contribution in [0, 0.1) is 0 Å². The van der Waals surface area contributed by atoms with Crippen molar-refractivity contribution in [1.29, 1.82) is 0 Å². The van der Waals surface area contributed by atoms with Gasteiger partial charge < -0.3 is 30.6 Å². The molecule has 0 aromatic heterocycles. The van der Waals surface area contributed by atoms with Gasteiger partial charge in [-0.3, -0.25) is 9.69 Å². The number of carbonyl (C=O) groups is 1. The number of morpholine rings is 1. The van der Waals surface area contributed by atoms with Crippen LogP contribution in [0.5, 0.6) is 5.75 Å². The van der Waals surface area contributed by atoms with Gasteiger partial charge in [0.15, 0.2) is 0 Å². The summed E-state index contributed by atoms with van der Waals surface area (Å²) in [5.74, 6) is 0.469. The Morgan fingerprint density at radius 1 is 1.28 bits per heavy atom. The van der Waals surface area contributed by atoms with E-state index in [1.54, 1.807) is 31.2 Å². The Balaban J connectivity index is 2.19. The smallest absolute Gasteiger partial charge is 0.243 e. The van der Waals surface area contributed by atoms with Crippen LogP contribution in [0.2, 0.25) is 0 Å². The molecule has 8 heteroatoms. The summed E-state index contributed by atoms with van der Waals surface area (Å²) in [4.78, 5) is 16.6. The standard InChI is InChI=1S/C17H28N4O4/c1-12(21-4-6-24-7-5-21)17(22)20(2)15-10-13(18)14(19)11-16(15)25-9-8-23-3/h10-12H,4-9,18-19H2,1-3H3/t12-/m0/s1.